The van der Waals surface area contributed by atoms with Crippen LogP contribution in [0.3, 0.4) is 0 Å². The molecule has 1 aliphatic rings. The third-order valence-electron chi connectivity index (χ3n) is 5.32. The van der Waals surface area contributed by atoms with Crippen LogP contribution in [-0.4, -0.2) is 49.9 Å². The second-order valence-corrected chi connectivity index (χ2v) is 7.64. The fraction of sp³-hybridized carbons (Fsp3) is 0.318. The van der Waals surface area contributed by atoms with E-state index < -0.39 is 17.6 Å². The second-order valence-electron chi connectivity index (χ2n) is 7.64. The van der Waals surface area contributed by atoms with Crippen molar-refractivity contribution in [1.29, 1.82) is 0 Å². The molecule has 1 unspecified atom stereocenters. The third-order valence-corrected chi connectivity index (χ3v) is 5.32. The van der Waals surface area contributed by atoms with Crippen molar-refractivity contribution in [3.8, 4) is 11.4 Å². The maximum Gasteiger partial charge on any atom is 0.419 e. The van der Waals surface area contributed by atoms with Gasteiger partial charge in [-0.1, -0.05) is 12.1 Å². The van der Waals surface area contributed by atoms with Gasteiger partial charge < -0.3 is 10.2 Å². The van der Waals surface area contributed by atoms with E-state index in [-0.39, 0.29) is 35.7 Å². The largest absolute Gasteiger partial charge is 0.419 e. The molecule has 3 aromatic rings. The van der Waals surface area contributed by atoms with Gasteiger partial charge in [0.15, 0.2) is 5.82 Å². The number of likely N-dealkylation sites (tertiary alicyclic amines) is 1. The van der Waals surface area contributed by atoms with Gasteiger partial charge >= 0.3 is 6.18 Å². The molecule has 1 atom stereocenters. The molecular formula is C22H20F4N6O. The van der Waals surface area contributed by atoms with Crippen molar-refractivity contribution in [2.24, 2.45) is 0 Å². The number of nitrogens with zero attached hydrogens (tertiary/aromatic N) is 5. The highest BCUT2D eigenvalue weighted by atomic mass is 19.4. The van der Waals surface area contributed by atoms with E-state index in [0.29, 0.717) is 31.5 Å². The number of piperidine rings is 1. The zero-order valence-electron chi connectivity index (χ0n) is 17.4. The monoisotopic (exact) mass is 460 g/mol. The number of rotatable bonds is 5. The molecule has 1 aromatic carbocycles. The first-order valence-corrected chi connectivity index (χ1v) is 10.3. The Morgan fingerprint density at radius 1 is 1.09 bits per heavy atom. The normalized spacial score (nSPS) is 16.5. The quantitative estimate of drug-likeness (QED) is 0.584. The summed E-state index contributed by atoms with van der Waals surface area (Å²) >= 11 is 0. The Kier molecular flexibility index (Phi) is 6.47. The predicted molar refractivity (Wildman–Crippen MR) is 111 cm³/mol. The van der Waals surface area contributed by atoms with Gasteiger partial charge in [-0.2, -0.15) is 13.2 Å². The minimum atomic E-state index is -4.51. The molecule has 1 N–H and O–H groups in total. The molecule has 0 saturated carbocycles. The van der Waals surface area contributed by atoms with Gasteiger partial charge in [-0.3, -0.25) is 4.79 Å². The van der Waals surface area contributed by atoms with Crippen LogP contribution >= 0.6 is 0 Å². The van der Waals surface area contributed by atoms with Crippen LogP contribution in [0.4, 0.5) is 23.5 Å². The Labute approximate surface area is 186 Å². The van der Waals surface area contributed by atoms with E-state index in [1.807, 2.05) is 0 Å². The average molecular weight is 460 g/mol. The lowest BCUT2D eigenvalue weighted by Crippen LogP contribution is -2.46. The SMILES string of the molecule is O=C(Cc1cccc(F)c1-c1ncccn1)N1CCCC(Nc2ncc(C(F)(F)F)cn2)C1. The number of nitrogens with one attached hydrogen (secondary N) is 1. The lowest BCUT2D eigenvalue weighted by atomic mass is 10.0. The minimum Gasteiger partial charge on any atom is -0.350 e. The summed E-state index contributed by atoms with van der Waals surface area (Å²) in [4.78, 5) is 30.3. The number of hydrogen-bond donors (Lipinski definition) is 1. The predicted octanol–water partition coefficient (Wildman–Crippen LogP) is 3.74. The molecule has 1 aliphatic heterocycles. The van der Waals surface area contributed by atoms with E-state index in [1.165, 1.54) is 24.5 Å². The van der Waals surface area contributed by atoms with Crippen LogP contribution in [0.25, 0.3) is 11.4 Å². The molecule has 1 amide bonds. The smallest absolute Gasteiger partial charge is 0.350 e. The van der Waals surface area contributed by atoms with E-state index in [9.17, 15) is 22.4 Å². The number of hydrogen-bond acceptors (Lipinski definition) is 6. The summed E-state index contributed by atoms with van der Waals surface area (Å²) in [6, 6.07) is 5.90. The van der Waals surface area contributed by atoms with Gasteiger partial charge in [-0.15, -0.1) is 0 Å². The summed E-state index contributed by atoms with van der Waals surface area (Å²) < 4.78 is 52.6. The van der Waals surface area contributed by atoms with Crippen molar-refractivity contribution in [3.63, 3.8) is 0 Å². The van der Waals surface area contributed by atoms with Crippen molar-refractivity contribution in [1.82, 2.24) is 24.8 Å². The lowest BCUT2D eigenvalue weighted by Gasteiger charge is -2.33. The zero-order chi connectivity index (χ0) is 23.4. The van der Waals surface area contributed by atoms with Crippen molar-refractivity contribution in [2.75, 3.05) is 18.4 Å². The highest BCUT2D eigenvalue weighted by Gasteiger charge is 2.31. The number of benzene rings is 1. The Hall–Kier alpha value is -3.63. The van der Waals surface area contributed by atoms with E-state index in [2.05, 4.69) is 25.3 Å². The Morgan fingerprint density at radius 2 is 1.82 bits per heavy atom. The summed E-state index contributed by atoms with van der Waals surface area (Å²) in [6.45, 7) is 0.854. The number of aromatic nitrogens is 4. The molecule has 11 heteroatoms. The molecule has 0 aliphatic carbocycles. The van der Waals surface area contributed by atoms with Crippen LogP contribution in [0.5, 0.6) is 0 Å². The molecule has 0 radical (unpaired) electrons. The molecule has 3 heterocycles. The van der Waals surface area contributed by atoms with E-state index in [1.54, 1.807) is 17.0 Å². The third kappa shape index (κ3) is 5.41. The average Bonchev–Trinajstić information content (AvgIpc) is 2.80. The first-order chi connectivity index (χ1) is 15.8. The molecule has 0 spiro atoms. The summed E-state index contributed by atoms with van der Waals surface area (Å²) in [6.07, 6.45) is 1.31. The molecule has 2 aromatic heterocycles. The van der Waals surface area contributed by atoms with Gasteiger partial charge in [0.1, 0.15) is 5.82 Å². The number of alkyl halides is 3. The molecule has 0 bridgehead atoms. The van der Waals surface area contributed by atoms with Crippen LogP contribution in [0.1, 0.15) is 24.0 Å². The first kappa shape index (κ1) is 22.6. The van der Waals surface area contributed by atoms with E-state index in [0.717, 1.165) is 12.4 Å². The zero-order valence-corrected chi connectivity index (χ0v) is 17.4. The van der Waals surface area contributed by atoms with Gasteiger partial charge in [-0.25, -0.2) is 24.3 Å². The number of carbonyl (C=O) groups excluding carboxylic acids is 1. The fourth-order valence-corrected chi connectivity index (χ4v) is 3.72. The summed E-state index contributed by atoms with van der Waals surface area (Å²) in [5.41, 5.74) is -0.259. The van der Waals surface area contributed by atoms with Gasteiger partial charge in [0.2, 0.25) is 11.9 Å². The highest BCUT2D eigenvalue weighted by Crippen LogP contribution is 2.28. The fourth-order valence-electron chi connectivity index (χ4n) is 3.72. The molecule has 1 fully saturated rings. The van der Waals surface area contributed by atoms with Crippen LogP contribution in [0.15, 0.2) is 49.1 Å². The Morgan fingerprint density at radius 3 is 2.52 bits per heavy atom. The molecule has 1 saturated heterocycles. The number of amides is 1. The number of halogens is 4. The number of carbonyl (C=O) groups is 1. The Bertz CT molecular complexity index is 1110. The van der Waals surface area contributed by atoms with Crippen molar-refractivity contribution in [2.45, 2.75) is 31.5 Å². The van der Waals surface area contributed by atoms with Crippen LogP contribution in [0.2, 0.25) is 0 Å². The standard InChI is InChI=1S/C22H20F4N6O/c23-17-6-1-4-14(19(17)20-27-7-3-8-28-20)10-18(33)32-9-2-5-16(13-32)31-21-29-11-15(12-30-21)22(24,25)26/h1,3-4,6-8,11-12,16H,2,5,9-10,13H2,(H,29,30,31). The summed E-state index contributed by atoms with van der Waals surface area (Å²) in [7, 11) is 0. The Balaban J connectivity index is 1.43. The maximum absolute atomic E-state index is 14.5. The van der Waals surface area contributed by atoms with Gasteiger partial charge in [0.05, 0.1) is 17.5 Å². The van der Waals surface area contributed by atoms with E-state index >= 15 is 0 Å². The molecular weight excluding hydrogens is 440 g/mol. The lowest BCUT2D eigenvalue weighted by molar-refractivity contribution is -0.138. The molecule has 172 valence electrons. The topological polar surface area (TPSA) is 83.9 Å². The first-order valence-electron chi connectivity index (χ1n) is 10.3. The van der Waals surface area contributed by atoms with Crippen LogP contribution in [-0.2, 0) is 17.4 Å². The molecule has 4 rings (SSSR count). The van der Waals surface area contributed by atoms with Gasteiger partial charge in [0.25, 0.3) is 0 Å². The highest BCUT2D eigenvalue weighted by molar-refractivity contribution is 5.81. The summed E-state index contributed by atoms with van der Waals surface area (Å²) in [5, 5.41) is 2.99. The van der Waals surface area contributed by atoms with Gasteiger partial charge in [-0.05, 0) is 30.5 Å². The summed E-state index contributed by atoms with van der Waals surface area (Å²) in [5.74, 6) is -0.436. The van der Waals surface area contributed by atoms with Crippen LogP contribution < -0.4 is 5.32 Å². The van der Waals surface area contributed by atoms with E-state index in [4.69, 9.17) is 0 Å². The van der Waals surface area contributed by atoms with Gasteiger partial charge in [0, 0.05) is 43.9 Å². The van der Waals surface area contributed by atoms with Crippen LogP contribution in [0, 0.1) is 5.82 Å². The minimum absolute atomic E-state index is 0.0329. The molecule has 7 nitrogen and oxygen atoms in total. The van der Waals surface area contributed by atoms with Crippen molar-refractivity contribution in [3.05, 3.63) is 66.0 Å². The van der Waals surface area contributed by atoms with Crippen molar-refractivity contribution >= 4 is 11.9 Å². The molecule has 33 heavy (non-hydrogen) atoms. The maximum atomic E-state index is 14.5. The number of anilines is 1. The van der Waals surface area contributed by atoms with Crippen molar-refractivity contribution < 1.29 is 22.4 Å². The second kappa shape index (κ2) is 9.47.